The van der Waals surface area contributed by atoms with Crippen LogP contribution in [0.1, 0.15) is 18.4 Å². The topological polar surface area (TPSA) is 86.8 Å². The molecule has 1 aromatic carbocycles. The predicted molar refractivity (Wildman–Crippen MR) is 99.7 cm³/mol. The van der Waals surface area contributed by atoms with Crippen molar-refractivity contribution in [3.63, 3.8) is 0 Å². The minimum atomic E-state index is -0.253. The van der Waals surface area contributed by atoms with E-state index in [1.807, 2.05) is 6.07 Å². The highest BCUT2D eigenvalue weighted by Gasteiger charge is 2.27. The first-order chi connectivity index (χ1) is 13.2. The molecule has 0 radical (unpaired) electrons. The van der Waals surface area contributed by atoms with Gasteiger partial charge >= 0.3 is 0 Å². The van der Waals surface area contributed by atoms with Crippen LogP contribution in [0.25, 0.3) is 11.2 Å². The maximum absolute atomic E-state index is 13.2. The van der Waals surface area contributed by atoms with Crippen LogP contribution in [-0.2, 0) is 11.2 Å². The lowest BCUT2D eigenvalue weighted by molar-refractivity contribution is -0.125. The third kappa shape index (κ3) is 3.89. The van der Waals surface area contributed by atoms with E-state index in [0.29, 0.717) is 25.2 Å². The number of hydrogen-bond acceptors (Lipinski definition) is 5. The summed E-state index contributed by atoms with van der Waals surface area (Å²) in [5, 5.41) is 2.98. The molecular weight excluding hydrogens is 347 g/mol. The zero-order valence-corrected chi connectivity index (χ0v) is 14.9. The van der Waals surface area contributed by atoms with Gasteiger partial charge in [0.25, 0.3) is 0 Å². The van der Waals surface area contributed by atoms with Crippen molar-refractivity contribution in [3.05, 3.63) is 48.3 Å². The molecule has 1 saturated heterocycles. The molecule has 1 atom stereocenters. The summed E-state index contributed by atoms with van der Waals surface area (Å²) in [6, 6.07) is 6.47. The van der Waals surface area contributed by atoms with Crippen LogP contribution in [0.3, 0.4) is 0 Å². The van der Waals surface area contributed by atoms with Crippen LogP contribution in [-0.4, -0.2) is 45.5 Å². The van der Waals surface area contributed by atoms with E-state index in [4.69, 9.17) is 0 Å². The number of hydrogen-bond donors (Lipinski definition) is 2. The Kier molecular flexibility index (Phi) is 4.95. The average molecular weight is 368 g/mol. The highest BCUT2D eigenvalue weighted by molar-refractivity contribution is 5.84. The number of piperidine rings is 1. The minimum absolute atomic E-state index is 0.0333. The molecule has 1 fully saturated rings. The smallest absolute Gasteiger partial charge is 0.224 e. The van der Waals surface area contributed by atoms with Crippen molar-refractivity contribution < 1.29 is 9.18 Å². The molecule has 2 aromatic heterocycles. The molecule has 4 rings (SSSR count). The van der Waals surface area contributed by atoms with E-state index in [0.717, 1.165) is 36.3 Å². The summed E-state index contributed by atoms with van der Waals surface area (Å²) < 4.78 is 13.2. The number of rotatable bonds is 5. The number of benzene rings is 1. The molecule has 8 heteroatoms. The van der Waals surface area contributed by atoms with Crippen LogP contribution < -0.4 is 10.2 Å². The number of aromatic nitrogens is 4. The number of amides is 1. The third-order valence-corrected chi connectivity index (χ3v) is 4.90. The molecule has 0 bridgehead atoms. The molecule has 27 heavy (non-hydrogen) atoms. The lowest BCUT2D eigenvalue weighted by Crippen LogP contribution is -2.43. The van der Waals surface area contributed by atoms with E-state index >= 15 is 0 Å². The van der Waals surface area contributed by atoms with E-state index in [-0.39, 0.29) is 17.6 Å². The van der Waals surface area contributed by atoms with Gasteiger partial charge in [0.1, 0.15) is 17.7 Å². The van der Waals surface area contributed by atoms with Crippen molar-refractivity contribution in [2.24, 2.45) is 5.92 Å². The lowest BCUT2D eigenvalue weighted by Gasteiger charge is -2.32. The monoisotopic (exact) mass is 368 g/mol. The first-order valence-electron chi connectivity index (χ1n) is 9.12. The van der Waals surface area contributed by atoms with Crippen molar-refractivity contribution in [2.45, 2.75) is 19.3 Å². The standard InChI is InChI=1S/C19H21FN6O/c20-15-5-1-3-13(9-15)6-7-21-19(27)14-4-2-8-26(10-14)18-16-17(23-11-22-16)24-12-25-18/h1,3,5,9,11-12,14H,2,4,6-8,10H2,(H,21,27)(H,22,23,24,25). The van der Waals surface area contributed by atoms with Crippen LogP contribution in [0.15, 0.2) is 36.9 Å². The molecule has 7 nitrogen and oxygen atoms in total. The van der Waals surface area contributed by atoms with Crippen LogP contribution in [0.2, 0.25) is 0 Å². The SMILES string of the molecule is O=C(NCCc1cccc(F)c1)C1CCCN(c2ncnc3nc[nH]c23)C1. The molecule has 0 spiro atoms. The largest absolute Gasteiger partial charge is 0.355 e. The molecule has 0 aliphatic carbocycles. The molecule has 1 aliphatic heterocycles. The van der Waals surface area contributed by atoms with Gasteiger partial charge in [-0.3, -0.25) is 4.79 Å². The van der Waals surface area contributed by atoms with Gasteiger partial charge in [0.15, 0.2) is 11.5 Å². The fraction of sp³-hybridized carbons (Fsp3) is 0.368. The van der Waals surface area contributed by atoms with Crippen molar-refractivity contribution >= 4 is 22.9 Å². The number of fused-ring (bicyclic) bond motifs is 1. The van der Waals surface area contributed by atoms with E-state index in [2.05, 4.69) is 30.2 Å². The second-order valence-electron chi connectivity index (χ2n) is 6.75. The molecule has 3 heterocycles. The zero-order chi connectivity index (χ0) is 18.6. The first kappa shape index (κ1) is 17.4. The lowest BCUT2D eigenvalue weighted by atomic mass is 9.97. The number of carbonyl (C=O) groups is 1. The summed E-state index contributed by atoms with van der Waals surface area (Å²) in [5.74, 6) is 0.469. The van der Waals surface area contributed by atoms with Crippen molar-refractivity contribution in [2.75, 3.05) is 24.5 Å². The van der Waals surface area contributed by atoms with Gasteiger partial charge in [-0.25, -0.2) is 19.3 Å². The zero-order valence-electron chi connectivity index (χ0n) is 14.9. The van der Waals surface area contributed by atoms with Crippen molar-refractivity contribution in [1.29, 1.82) is 0 Å². The fourth-order valence-corrected chi connectivity index (χ4v) is 3.54. The molecule has 3 aromatic rings. The molecule has 1 unspecified atom stereocenters. The summed E-state index contributed by atoms with van der Waals surface area (Å²) >= 11 is 0. The summed E-state index contributed by atoms with van der Waals surface area (Å²) in [7, 11) is 0. The quantitative estimate of drug-likeness (QED) is 0.720. The van der Waals surface area contributed by atoms with Gasteiger partial charge < -0.3 is 15.2 Å². The van der Waals surface area contributed by atoms with Gasteiger partial charge in [-0.05, 0) is 37.0 Å². The van der Waals surface area contributed by atoms with Gasteiger partial charge in [-0.15, -0.1) is 0 Å². The molecule has 2 N–H and O–H groups in total. The molecule has 140 valence electrons. The number of imidazole rings is 1. The Morgan fingerprint density at radius 2 is 2.26 bits per heavy atom. The Labute approximate surface area is 156 Å². The van der Waals surface area contributed by atoms with Gasteiger partial charge in [0, 0.05) is 19.6 Å². The second kappa shape index (κ2) is 7.69. The second-order valence-corrected chi connectivity index (χ2v) is 6.75. The maximum Gasteiger partial charge on any atom is 0.224 e. The fourth-order valence-electron chi connectivity index (χ4n) is 3.54. The summed E-state index contributed by atoms with van der Waals surface area (Å²) in [5.41, 5.74) is 2.30. The van der Waals surface area contributed by atoms with E-state index in [9.17, 15) is 9.18 Å². The number of halogens is 1. The summed E-state index contributed by atoms with van der Waals surface area (Å²) in [6.07, 6.45) is 5.48. The van der Waals surface area contributed by atoms with Crippen LogP contribution in [0.4, 0.5) is 10.2 Å². The number of anilines is 1. The molecular formula is C19H21FN6O. The van der Waals surface area contributed by atoms with E-state index in [1.54, 1.807) is 12.4 Å². The Morgan fingerprint density at radius 1 is 1.33 bits per heavy atom. The van der Waals surface area contributed by atoms with Gasteiger partial charge in [0.05, 0.1) is 12.2 Å². The average Bonchev–Trinajstić information content (AvgIpc) is 3.17. The molecule has 0 saturated carbocycles. The number of H-pyrrole nitrogens is 1. The van der Waals surface area contributed by atoms with Crippen LogP contribution in [0.5, 0.6) is 0 Å². The van der Waals surface area contributed by atoms with Gasteiger partial charge in [0.2, 0.25) is 5.91 Å². The van der Waals surface area contributed by atoms with Crippen molar-refractivity contribution in [3.8, 4) is 0 Å². The Balaban J connectivity index is 1.36. The van der Waals surface area contributed by atoms with E-state index < -0.39 is 0 Å². The summed E-state index contributed by atoms with van der Waals surface area (Å²) in [4.78, 5) is 30.5. The number of aromatic amines is 1. The first-order valence-corrected chi connectivity index (χ1v) is 9.12. The molecule has 1 amide bonds. The molecule has 1 aliphatic rings. The number of carbonyl (C=O) groups excluding carboxylic acids is 1. The minimum Gasteiger partial charge on any atom is -0.355 e. The van der Waals surface area contributed by atoms with E-state index in [1.165, 1.54) is 18.5 Å². The Bertz CT molecular complexity index is 943. The predicted octanol–water partition coefficient (Wildman–Crippen LogP) is 2.07. The highest BCUT2D eigenvalue weighted by atomic mass is 19.1. The highest BCUT2D eigenvalue weighted by Crippen LogP contribution is 2.25. The number of nitrogens with one attached hydrogen (secondary N) is 2. The third-order valence-electron chi connectivity index (χ3n) is 4.90. The Morgan fingerprint density at radius 3 is 3.15 bits per heavy atom. The van der Waals surface area contributed by atoms with Gasteiger partial charge in [-0.2, -0.15) is 0 Å². The van der Waals surface area contributed by atoms with Crippen LogP contribution >= 0.6 is 0 Å². The van der Waals surface area contributed by atoms with Crippen molar-refractivity contribution in [1.82, 2.24) is 25.3 Å². The number of nitrogens with zero attached hydrogens (tertiary/aromatic N) is 4. The summed E-state index contributed by atoms with van der Waals surface area (Å²) in [6.45, 7) is 1.95. The normalized spacial score (nSPS) is 17.2. The van der Waals surface area contributed by atoms with Crippen LogP contribution in [0, 0.1) is 11.7 Å². The Hall–Kier alpha value is -3.03. The van der Waals surface area contributed by atoms with Gasteiger partial charge in [-0.1, -0.05) is 12.1 Å². The maximum atomic E-state index is 13.2.